The molecule has 2 amide bonds. The first-order valence-corrected chi connectivity index (χ1v) is 8.59. The van der Waals surface area contributed by atoms with Gasteiger partial charge in [0.1, 0.15) is 0 Å². The minimum atomic E-state index is -0.0655. The smallest absolute Gasteiger partial charge is 0.224 e. The third-order valence-corrected chi connectivity index (χ3v) is 4.18. The summed E-state index contributed by atoms with van der Waals surface area (Å²) >= 11 is 0. The summed E-state index contributed by atoms with van der Waals surface area (Å²) in [7, 11) is 0. The van der Waals surface area contributed by atoms with Gasteiger partial charge in [-0.25, -0.2) is 0 Å². The average molecular weight is 338 g/mol. The Bertz CT molecular complexity index is 716. The Balaban J connectivity index is 1.72. The van der Waals surface area contributed by atoms with Crippen LogP contribution < -0.4 is 10.6 Å². The van der Waals surface area contributed by atoms with Gasteiger partial charge in [-0.3, -0.25) is 9.59 Å². The summed E-state index contributed by atoms with van der Waals surface area (Å²) < 4.78 is 0. The van der Waals surface area contributed by atoms with E-state index in [1.807, 2.05) is 30.3 Å². The van der Waals surface area contributed by atoms with E-state index in [0.717, 1.165) is 11.1 Å². The van der Waals surface area contributed by atoms with Gasteiger partial charge < -0.3 is 10.6 Å². The van der Waals surface area contributed by atoms with E-state index < -0.39 is 0 Å². The lowest BCUT2D eigenvalue weighted by Crippen LogP contribution is -2.31. The van der Waals surface area contributed by atoms with E-state index in [4.69, 9.17) is 0 Å². The zero-order valence-electron chi connectivity index (χ0n) is 15.2. The Kier molecular flexibility index (Phi) is 6.75. The molecule has 0 saturated heterocycles. The fourth-order valence-electron chi connectivity index (χ4n) is 2.92. The minimum absolute atomic E-state index is 0.0561. The van der Waals surface area contributed by atoms with Crippen molar-refractivity contribution in [3.05, 3.63) is 70.3 Å². The molecule has 4 nitrogen and oxygen atoms in total. The van der Waals surface area contributed by atoms with E-state index in [1.165, 1.54) is 16.7 Å². The highest BCUT2D eigenvalue weighted by molar-refractivity contribution is 5.80. The molecule has 25 heavy (non-hydrogen) atoms. The number of hydrogen-bond acceptors (Lipinski definition) is 2. The Labute approximate surface area is 149 Å². The summed E-state index contributed by atoms with van der Waals surface area (Å²) in [5.41, 5.74) is 5.73. The summed E-state index contributed by atoms with van der Waals surface area (Å²) in [6, 6.07) is 13.8. The van der Waals surface area contributed by atoms with Gasteiger partial charge in [-0.1, -0.05) is 48.0 Å². The highest BCUT2D eigenvalue weighted by Gasteiger charge is 2.08. The summed E-state index contributed by atoms with van der Waals surface area (Å²) in [6.07, 6.45) is 0.620. The van der Waals surface area contributed by atoms with Crippen molar-refractivity contribution in [3.8, 4) is 0 Å². The highest BCUT2D eigenvalue weighted by atomic mass is 16.2. The number of hydrogen-bond donors (Lipinski definition) is 2. The molecule has 0 unspecified atom stereocenters. The number of aryl methyl sites for hydroxylation is 3. The van der Waals surface area contributed by atoms with E-state index in [2.05, 4.69) is 43.5 Å². The van der Waals surface area contributed by atoms with Gasteiger partial charge in [0.2, 0.25) is 11.8 Å². The van der Waals surface area contributed by atoms with E-state index in [-0.39, 0.29) is 18.2 Å². The van der Waals surface area contributed by atoms with Crippen LogP contribution in [0.3, 0.4) is 0 Å². The third kappa shape index (κ3) is 6.07. The third-order valence-electron chi connectivity index (χ3n) is 4.18. The number of carbonyl (C=O) groups excluding carboxylic acids is 2. The zero-order valence-corrected chi connectivity index (χ0v) is 15.2. The fraction of sp³-hybridized carbons (Fsp3) is 0.333. The van der Waals surface area contributed by atoms with Crippen molar-refractivity contribution >= 4 is 11.8 Å². The van der Waals surface area contributed by atoms with Crippen molar-refractivity contribution in [2.45, 2.75) is 40.2 Å². The first-order chi connectivity index (χ1) is 12.0. The lowest BCUT2D eigenvalue weighted by atomic mass is 10.00. The summed E-state index contributed by atoms with van der Waals surface area (Å²) in [5, 5.41) is 5.72. The number of amides is 2. The van der Waals surface area contributed by atoms with Crippen LogP contribution >= 0.6 is 0 Å². The van der Waals surface area contributed by atoms with Crippen LogP contribution in [0.15, 0.2) is 42.5 Å². The molecule has 0 spiro atoms. The molecule has 0 bridgehead atoms. The van der Waals surface area contributed by atoms with Crippen molar-refractivity contribution in [1.82, 2.24) is 10.6 Å². The molecule has 0 atom stereocenters. The van der Waals surface area contributed by atoms with Crippen LogP contribution in [-0.2, 0) is 22.6 Å². The number of benzene rings is 2. The van der Waals surface area contributed by atoms with Crippen molar-refractivity contribution in [3.63, 3.8) is 0 Å². The van der Waals surface area contributed by atoms with Gasteiger partial charge in [0.25, 0.3) is 0 Å². The Morgan fingerprint density at radius 3 is 2.16 bits per heavy atom. The maximum Gasteiger partial charge on any atom is 0.224 e. The molecule has 4 heteroatoms. The minimum Gasteiger partial charge on any atom is -0.355 e. The molecule has 0 heterocycles. The van der Waals surface area contributed by atoms with Gasteiger partial charge >= 0.3 is 0 Å². The second-order valence-electron chi connectivity index (χ2n) is 6.42. The van der Waals surface area contributed by atoms with Crippen LogP contribution in [0.25, 0.3) is 0 Å². The molecule has 132 valence electrons. The predicted molar refractivity (Wildman–Crippen MR) is 100 cm³/mol. The van der Waals surface area contributed by atoms with Gasteiger partial charge in [0.05, 0.1) is 6.42 Å². The van der Waals surface area contributed by atoms with Crippen LogP contribution in [0.1, 0.15) is 34.2 Å². The number of nitrogens with one attached hydrogen (secondary N) is 2. The monoisotopic (exact) mass is 338 g/mol. The molecule has 0 saturated carbocycles. The highest BCUT2D eigenvalue weighted by Crippen LogP contribution is 2.16. The van der Waals surface area contributed by atoms with Crippen LogP contribution in [0, 0.1) is 20.8 Å². The van der Waals surface area contributed by atoms with Crippen LogP contribution in [0.4, 0.5) is 0 Å². The summed E-state index contributed by atoms with van der Waals surface area (Å²) in [6.45, 7) is 7.06. The normalized spacial score (nSPS) is 10.4. The molecule has 2 aromatic carbocycles. The Morgan fingerprint density at radius 2 is 1.52 bits per heavy atom. The van der Waals surface area contributed by atoms with Crippen molar-refractivity contribution < 1.29 is 9.59 Å². The molecule has 0 aliphatic rings. The molecule has 0 radical (unpaired) electrons. The molecule has 0 aliphatic carbocycles. The second-order valence-corrected chi connectivity index (χ2v) is 6.42. The number of carbonyl (C=O) groups is 2. The first-order valence-electron chi connectivity index (χ1n) is 8.59. The maximum absolute atomic E-state index is 12.0. The van der Waals surface area contributed by atoms with Gasteiger partial charge in [0, 0.05) is 19.5 Å². The van der Waals surface area contributed by atoms with Crippen molar-refractivity contribution in [2.24, 2.45) is 0 Å². The van der Waals surface area contributed by atoms with E-state index in [9.17, 15) is 9.59 Å². The first kappa shape index (κ1) is 18.7. The molecular formula is C21H26N2O2. The molecule has 0 fully saturated rings. The van der Waals surface area contributed by atoms with Gasteiger partial charge in [-0.2, -0.15) is 0 Å². The predicted octanol–water partition coefficient (Wildman–Crippen LogP) is 2.98. The van der Waals surface area contributed by atoms with E-state index in [1.54, 1.807) is 0 Å². The summed E-state index contributed by atoms with van der Waals surface area (Å²) in [4.78, 5) is 23.8. The van der Waals surface area contributed by atoms with Crippen LogP contribution in [0.5, 0.6) is 0 Å². The fourth-order valence-corrected chi connectivity index (χ4v) is 2.92. The van der Waals surface area contributed by atoms with E-state index in [0.29, 0.717) is 19.5 Å². The van der Waals surface area contributed by atoms with Crippen LogP contribution in [0.2, 0.25) is 0 Å². The molecular weight excluding hydrogens is 312 g/mol. The van der Waals surface area contributed by atoms with Crippen molar-refractivity contribution in [2.75, 3.05) is 6.54 Å². The SMILES string of the molecule is Cc1cc(C)c(CNC(=O)CCNC(=O)Cc2ccccc2)c(C)c1. The zero-order chi connectivity index (χ0) is 18.2. The Morgan fingerprint density at radius 1 is 0.880 bits per heavy atom. The number of rotatable bonds is 7. The lowest BCUT2D eigenvalue weighted by molar-refractivity contribution is -0.122. The molecule has 0 aliphatic heterocycles. The largest absolute Gasteiger partial charge is 0.355 e. The topological polar surface area (TPSA) is 58.2 Å². The standard InChI is InChI=1S/C21H26N2O2/c1-15-11-16(2)19(17(3)12-15)14-23-20(24)9-10-22-21(25)13-18-7-5-4-6-8-18/h4-8,11-12H,9-10,13-14H2,1-3H3,(H,22,25)(H,23,24). The molecule has 0 aromatic heterocycles. The van der Waals surface area contributed by atoms with Gasteiger partial charge in [-0.15, -0.1) is 0 Å². The van der Waals surface area contributed by atoms with Crippen molar-refractivity contribution in [1.29, 1.82) is 0 Å². The second kappa shape index (κ2) is 9.02. The molecule has 2 aromatic rings. The Hall–Kier alpha value is -2.62. The quantitative estimate of drug-likeness (QED) is 0.815. The average Bonchev–Trinajstić information content (AvgIpc) is 2.54. The van der Waals surface area contributed by atoms with E-state index >= 15 is 0 Å². The van der Waals surface area contributed by atoms with Crippen LogP contribution in [-0.4, -0.2) is 18.4 Å². The van der Waals surface area contributed by atoms with Gasteiger partial charge in [0.15, 0.2) is 0 Å². The summed E-state index contributed by atoms with van der Waals surface area (Å²) in [5.74, 6) is -0.122. The lowest BCUT2D eigenvalue weighted by Gasteiger charge is -2.12. The maximum atomic E-state index is 12.0. The molecule has 2 rings (SSSR count). The van der Waals surface area contributed by atoms with Gasteiger partial charge in [-0.05, 0) is 43.0 Å². The molecule has 2 N–H and O–H groups in total.